The minimum absolute atomic E-state index is 0.0242. The number of carbonyl (C=O) groups is 1. The van der Waals surface area contributed by atoms with Crippen molar-refractivity contribution in [2.75, 3.05) is 26.2 Å². The standard InChI is InChI=1S/C26H28N6O2/c33-25(11-10-24-28-22-6-2-1-5-21(22)26(34)32(24)20-8-9-20)30-15-13-29(14-16-30)17-19-18-31-12-4-3-7-23(31)27-19/h1-7,12,18,20H,8-11,13-17H2. The highest BCUT2D eigenvalue weighted by Crippen LogP contribution is 2.35. The minimum Gasteiger partial charge on any atom is -0.340 e. The predicted molar refractivity (Wildman–Crippen MR) is 130 cm³/mol. The molecule has 4 aromatic rings. The predicted octanol–water partition coefficient (Wildman–Crippen LogP) is 2.66. The molecule has 0 spiro atoms. The number of imidazole rings is 1. The molecule has 3 aromatic heterocycles. The first kappa shape index (κ1) is 21.0. The zero-order valence-corrected chi connectivity index (χ0v) is 19.1. The molecule has 0 N–H and O–H groups in total. The van der Waals surface area contributed by atoms with Crippen LogP contribution in [0, 0.1) is 0 Å². The summed E-state index contributed by atoms with van der Waals surface area (Å²) in [7, 11) is 0. The lowest BCUT2D eigenvalue weighted by Crippen LogP contribution is -2.48. The van der Waals surface area contributed by atoms with E-state index in [9.17, 15) is 9.59 Å². The number of aromatic nitrogens is 4. The summed E-state index contributed by atoms with van der Waals surface area (Å²) < 4.78 is 3.87. The Hall–Kier alpha value is -3.52. The maximum atomic E-state index is 13.0. The number of pyridine rings is 1. The van der Waals surface area contributed by atoms with E-state index in [0.29, 0.717) is 36.8 Å². The number of amides is 1. The number of benzene rings is 1. The number of carbonyl (C=O) groups excluding carboxylic acids is 1. The molecule has 1 amide bonds. The van der Waals surface area contributed by atoms with Gasteiger partial charge in [0, 0.05) is 64.0 Å². The molecule has 0 unspecified atom stereocenters. The molecule has 34 heavy (non-hydrogen) atoms. The lowest BCUT2D eigenvalue weighted by Gasteiger charge is -2.34. The molecule has 1 aliphatic heterocycles. The molecule has 4 heterocycles. The van der Waals surface area contributed by atoms with Crippen LogP contribution in [0.2, 0.25) is 0 Å². The van der Waals surface area contributed by atoms with Gasteiger partial charge in [-0.1, -0.05) is 18.2 Å². The van der Waals surface area contributed by atoms with Crippen LogP contribution >= 0.6 is 0 Å². The van der Waals surface area contributed by atoms with Gasteiger partial charge in [-0.25, -0.2) is 9.97 Å². The fourth-order valence-corrected chi connectivity index (χ4v) is 4.90. The van der Waals surface area contributed by atoms with Crippen molar-refractivity contribution in [2.45, 2.75) is 38.3 Å². The average Bonchev–Trinajstić information content (AvgIpc) is 3.61. The number of hydrogen-bond acceptors (Lipinski definition) is 5. The Labute approximate surface area is 197 Å². The molecule has 1 saturated carbocycles. The van der Waals surface area contributed by atoms with Crippen LogP contribution in [-0.4, -0.2) is 60.8 Å². The molecule has 1 saturated heterocycles. The second-order valence-electron chi connectivity index (χ2n) is 9.31. The smallest absolute Gasteiger partial charge is 0.261 e. The van der Waals surface area contributed by atoms with Crippen LogP contribution in [0.25, 0.3) is 16.6 Å². The molecule has 174 valence electrons. The summed E-state index contributed by atoms with van der Waals surface area (Å²) in [5.41, 5.74) is 2.74. The number of aryl methyl sites for hydroxylation is 1. The lowest BCUT2D eigenvalue weighted by atomic mass is 10.2. The van der Waals surface area contributed by atoms with E-state index in [-0.39, 0.29) is 17.5 Å². The van der Waals surface area contributed by atoms with Crippen molar-refractivity contribution >= 4 is 22.5 Å². The van der Waals surface area contributed by atoms with Crippen molar-refractivity contribution in [2.24, 2.45) is 0 Å². The fraction of sp³-hybridized carbons (Fsp3) is 0.385. The van der Waals surface area contributed by atoms with Gasteiger partial charge in [-0.15, -0.1) is 0 Å². The maximum Gasteiger partial charge on any atom is 0.261 e. The van der Waals surface area contributed by atoms with E-state index < -0.39 is 0 Å². The normalized spacial score (nSPS) is 17.0. The van der Waals surface area contributed by atoms with Crippen LogP contribution < -0.4 is 5.56 Å². The van der Waals surface area contributed by atoms with Crippen LogP contribution in [0.3, 0.4) is 0 Å². The number of hydrogen-bond donors (Lipinski definition) is 0. The highest BCUT2D eigenvalue weighted by Gasteiger charge is 2.29. The Bertz CT molecular complexity index is 1380. The van der Waals surface area contributed by atoms with Crippen molar-refractivity contribution in [3.05, 3.63) is 76.7 Å². The van der Waals surface area contributed by atoms with Gasteiger partial charge in [0.25, 0.3) is 5.56 Å². The molecular formula is C26H28N6O2. The van der Waals surface area contributed by atoms with Gasteiger partial charge in [-0.05, 0) is 37.1 Å². The summed E-state index contributed by atoms with van der Waals surface area (Å²) in [6, 6.07) is 13.7. The summed E-state index contributed by atoms with van der Waals surface area (Å²) in [5.74, 6) is 0.877. The monoisotopic (exact) mass is 456 g/mol. The Kier molecular flexibility index (Phi) is 5.37. The Balaban J connectivity index is 1.08. The molecule has 1 aliphatic carbocycles. The van der Waals surface area contributed by atoms with E-state index in [2.05, 4.69) is 16.1 Å². The third-order valence-electron chi connectivity index (χ3n) is 6.88. The van der Waals surface area contributed by atoms with Gasteiger partial charge in [0.05, 0.1) is 16.6 Å². The third kappa shape index (κ3) is 4.09. The molecule has 2 fully saturated rings. The van der Waals surface area contributed by atoms with Crippen molar-refractivity contribution in [1.82, 2.24) is 28.7 Å². The van der Waals surface area contributed by atoms with Crippen molar-refractivity contribution in [1.29, 1.82) is 0 Å². The molecule has 0 radical (unpaired) electrons. The van der Waals surface area contributed by atoms with Crippen LogP contribution in [0.5, 0.6) is 0 Å². The van der Waals surface area contributed by atoms with Crippen LogP contribution in [-0.2, 0) is 17.8 Å². The van der Waals surface area contributed by atoms with E-state index in [1.807, 2.05) is 62.5 Å². The summed E-state index contributed by atoms with van der Waals surface area (Å²) in [4.78, 5) is 39.8. The van der Waals surface area contributed by atoms with Gasteiger partial charge in [-0.2, -0.15) is 0 Å². The van der Waals surface area contributed by atoms with E-state index in [0.717, 1.165) is 49.6 Å². The fourth-order valence-electron chi connectivity index (χ4n) is 4.90. The molecule has 0 atom stereocenters. The largest absolute Gasteiger partial charge is 0.340 e. The maximum absolute atomic E-state index is 13.0. The zero-order chi connectivity index (χ0) is 23.1. The summed E-state index contributed by atoms with van der Waals surface area (Å²) in [6.07, 6.45) is 6.98. The SMILES string of the molecule is O=C(CCc1nc2ccccc2c(=O)n1C1CC1)N1CCN(Cc2cn3ccccc3n2)CC1. The summed E-state index contributed by atoms with van der Waals surface area (Å²) in [5, 5.41) is 0.659. The van der Waals surface area contributed by atoms with E-state index in [1.54, 1.807) is 0 Å². The molecule has 2 aliphatic rings. The summed E-state index contributed by atoms with van der Waals surface area (Å²) in [6.45, 7) is 3.89. The quantitative estimate of drug-likeness (QED) is 0.446. The Morgan fingerprint density at radius 1 is 0.971 bits per heavy atom. The van der Waals surface area contributed by atoms with Gasteiger partial charge in [0.2, 0.25) is 5.91 Å². The van der Waals surface area contributed by atoms with Crippen molar-refractivity contribution < 1.29 is 4.79 Å². The van der Waals surface area contributed by atoms with Gasteiger partial charge in [0.1, 0.15) is 11.5 Å². The minimum atomic E-state index is 0.0242. The van der Waals surface area contributed by atoms with Crippen molar-refractivity contribution in [3.8, 4) is 0 Å². The third-order valence-corrected chi connectivity index (χ3v) is 6.88. The first-order valence-corrected chi connectivity index (χ1v) is 12.1. The van der Waals surface area contributed by atoms with Crippen LogP contribution in [0.15, 0.2) is 59.7 Å². The molecular weight excluding hydrogens is 428 g/mol. The Morgan fingerprint density at radius 3 is 2.56 bits per heavy atom. The highest BCUT2D eigenvalue weighted by molar-refractivity contribution is 5.78. The lowest BCUT2D eigenvalue weighted by molar-refractivity contribution is -0.133. The second-order valence-corrected chi connectivity index (χ2v) is 9.31. The van der Waals surface area contributed by atoms with Gasteiger partial charge < -0.3 is 9.30 Å². The molecule has 8 heteroatoms. The first-order valence-electron chi connectivity index (χ1n) is 12.1. The first-order chi connectivity index (χ1) is 16.7. The number of fused-ring (bicyclic) bond motifs is 2. The number of piperazine rings is 1. The zero-order valence-electron chi connectivity index (χ0n) is 19.1. The van der Waals surface area contributed by atoms with E-state index in [1.165, 1.54) is 0 Å². The second kappa shape index (κ2) is 8.68. The highest BCUT2D eigenvalue weighted by atomic mass is 16.2. The molecule has 6 rings (SSSR count). The summed E-state index contributed by atoms with van der Waals surface area (Å²) >= 11 is 0. The Morgan fingerprint density at radius 2 is 1.76 bits per heavy atom. The van der Waals surface area contributed by atoms with Crippen LogP contribution in [0.1, 0.15) is 36.8 Å². The molecule has 8 nitrogen and oxygen atoms in total. The van der Waals surface area contributed by atoms with Crippen LogP contribution in [0.4, 0.5) is 0 Å². The van der Waals surface area contributed by atoms with Gasteiger partial charge in [-0.3, -0.25) is 19.1 Å². The van der Waals surface area contributed by atoms with E-state index in [4.69, 9.17) is 4.98 Å². The molecule has 1 aromatic carbocycles. The molecule has 0 bridgehead atoms. The average molecular weight is 457 g/mol. The van der Waals surface area contributed by atoms with Gasteiger partial charge in [0.15, 0.2) is 0 Å². The topological polar surface area (TPSA) is 75.7 Å². The van der Waals surface area contributed by atoms with Crippen molar-refractivity contribution in [3.63, 3.8) is 0 Å². The van der Waals surface area contributed by atoms with Gasteiger partial charge >= 0.3 is 0 Å². The number of para-hydroxylation sites is 1. The van der Waals surface area contributed by atoms with E-state index >= 15 is 0 Å². The number of rotatable bonds is 6. The number of nitrogens with zero attached hydrogens (tertiary/aromatic N) is 6.